The molecule has 0 radical (unpaired) electrons. The van der Waals surface area contributed by atoms with Crippen LogP contribution in [0.4, 0.5) is 0 Å². The van der Waals surface area contributed by atoms with Crippen LogP contribution in [0.1, 0.15) is 22.7 Å². The predicted octanol–water partition coefficient (Wildman–Crippen LogP) is 3.07. The zero-order chi connectivity index (χ0) is 18.2. The van der Waals surface area contributed by atoms with Gasteiger partial charge in [-0.15, -0.1) is 0 Å². The highest BCUT2D eigenvalue weighted by Crippen LogP contribution is 2.24. The van der Waals surface area contributed by atoms with E-state index in [0.29, 0.717) is 18.1 Å². The van der Waals surface area contributed by atoms with Gasteiger partial charge in [-0.05, 0) is 53.2 Å². The van der Waals surface area contributed by atoms with Crippen LogP contribution < -0.4 is 10.1 Å². The molecule has 1 amide bonds. The number of halogens is 1. The fourth-order valence-electron chi connectivity index (χ4n) is 2.70. The third-order valence-corrected chi connectivity index (χ3v) is 4.79. The zero-order valence-electron chi connectivity index (χ0n) is 14.6. The summed E-state index contributed by atoms with van der Waals surface area (Å²) in [5.41, 5.74) is 0. The second-order valence-electron chi connectivity index (χ2n) is 6.05. The number of para-hydroxylation sites is 1. The highest BCUT2D eigenvalue weighted by Gasteiger charge is 2.13. The van der Waals surface area contributed by atoms with Crippen molar-refractivity contribution in [2.45, 2.75) is 13.0 Å². The smallest absolute Gasteiger partial charge is 0.286 e. The molecule has 1 aliphatic rings. The van der Waals surface area contributed by atoms with Gasteiger partial charge >= 0.3 is 0 Å². The molecule has 2 aromatic rings. The van der Waals surface area contributed by atoms with Crippen molar-refractivity contribution in [2.75, 3.05) is 39.4 Å². The minimum absolute atomic E-state index is 0.195. The number of ether oxygens (including phenoxy) is 2. The second kappa shape index (κ2) is 9.75. The van der Waals surface area contributed by atoms with E-state index in [4.69, 9.17) is 13.9 Å². The summed E-state index contributed by atoms with van der Waals surface area (Å²) in [6, 6.07) is 11.0. The average molecular weight is 423 g/mol. The number of amides is 1. The summed E-state index contributed by atoms with van der Waals surface area (Å²) in [5, 5.41) is 2.90. The molecule has 3 rings (SSSR count). The zero-order valence-corrected chi connectivity index (χ0v) is 16.2. The summed E-state index contributed by atoms with van der Waals surface area (Å²) in [6.07, 6.45) is 0.907. The number of carbonyl (C=O) groups is 1. The Morgan fingerprint density at radius 3 is 2.81 bits per heavy atom. The van der Waals surface area contributed by atoms with Crippen molar-refractivity contribution in [3.8, 4) is 5.75 Å². The lowest BCUT2D eigenvalue weighted by molar-refractivity contribution is 0.0374. The van der Waals surface area contributed by atoms with Gasteiger partial charge in [-0.2, -0.15) is 0 Å². The van der Waals surface area contributed by atoms with E-state index in [1.165, 1.54) is 0 Å². The summed E-state index contributed by atoms with van der Waals surface area (Å²) in [7, 11) is 0. The molecule has 0 atom stereocenters. The van der Waals surface area contributed by atoms with E-state index < -0.39 is 0 Å². The van der Waals surface area contributed by atoms with Gasteiger partial charge in [0.15, 0.2) is 5.76 Å². The number of carbonyl (C=O) groups excluding carboxylic acids is 1. The summed E-state index contributed by atoms with van der Waals surface area (Å²) in [5.74, 6) is 1.46. The van der Waals surface area contributed by atoms with E-state index in [1.54, 1.807) is 12.1 Å². The van der Waals surface area contributed by atoms with Gasteiger partial charge in [0, 0.05) is 19.6 Å². The molecule has 140 valence electrons. The summed E-state index contributed by atoms with van der Waals surface area (Å²) < 4.78 is 17.5. The molecule has 1 aromatic heterocycles. The average Bonchev–Trinajstić information content (AvgIpc) is 3.14. The first-order chi connectivity index (χ1) is 12.7. The lowest BCUT2D eigenvalue weighted by atomic mass is 10.3. The molecular weight excluding hydrogens is 400 g/mol. The molecule has 0 aliphatic carbocycles. The van der Waals surface area contributed by atoms with Crippen LogP contribution in [-0.2, 0) is 11.3 Å². The number of rotatable bonds is 8. The Balaban J connectivity index is 1.39. The molecule has 1 N–H and O–H groups in total. The first-order valence-electron chi connectivity index (χ1n) is 8.77. The number of hydrogen-bond donors (Lipinski definition) is 1. The van der Waals surface area contributed by atoms with E-state index in [9.17, 15) is 4.79 Å². The van der Waals surface area contributed by atoms with Gasteiger partial charge in [0.2, 0.25) is 0 Å². The molecule has 2 heterocycles. The van der Waals surface area contributed by atoms with Crippen LogP contribution in [0.15, 0.2) is 45.3 Å². The van der Waals surface area contributed by atoms with Gasteiger partial charge in [0.1, 0.15) is 18.1 Å². The Labute approximate surface area is 161 Å². The van der Waals surface area contributed by atoms with Gasteiger partial charge in [0.25, 0.3) is 5.91 Å². The number of nitrogens with one attached hydrogen (secondary N) is 1. The maximum atomic E-state index is 12.2. The number of furan rings is 1. The monoisotopic (exact) mass is 422 g/mol. The van der Waals surface area contributed by atoms with Crippen LogP contribution >= 0.6 is 15.9 Å². The summed E-state index contributed by atoms with van der Waals surface area (Å²) in [4.78, 5) is 14.5. The third-order valence-electron chi connectivity index (χ3n) is 4.13. The number of benzene rings is 1. The lowest BCUT2D eigenvalue weighted by Crippen LogP contribution is -2.38. The Hall–Kier alpha value is -1.83. The molecule has 0 saturated carbocycles. The normalized spacial score (nSPS) is 15.0. The molecule has 1 aliphatic heterocycles. The summed E-state index contributed by atoms with van der Waals surface area (Å²) >= 11 is 3.43. The number of nitrogens with zero attached hydrogens (tertiary/aromatic N) is 1. The van der Waals surface area contributed by atoms with Crippen molar-refractivity contribution < 1.29 is 18.7 Å². The minimum Gasteiger partial charge on any atom is -0.484 e. The standard InChI is InChI=1S/C19H23BrN2O4/c20-16-4-1-2-5-17(16)25-14-15-6-7-18(26-15)19(23)21-8-3-9-22-10-12-24-13-11-22/h1-2,4-7H,3,8-14H2,(H,21,23). The highest BCUT2D eigenvalue weighted by molar-refractivity contribution is 9.10. The maximum Gasteiger partial charge on any atom is 0.286 e. The fourth-order valence-corrected chi connectivity index (χ4v) is 3.10. The van der Waals surface area contributed by atoms with Crippen LogP contribution in [0.25, 0.3) is 0 Å². The van der Waals surface area contributed by atoms with E-state index in [0.717, 1.165) is 49.5 Å². The van der Waals surface area contributed by atoms with Gasteiger partial charge < -0.3 is 19.2 Å². The highest BCUT2D eigenvalue weighted by atomic mass is 79.9. The second-order valence-corrected chi connectivity index (χ2v) is 6.90. The van der Waals surface area contributed by atoms with E-state index in [1.807, 2.05) is 24.3 Å². The molecule has 1 aromatic carbocycles. The molecule has 0 spiro atoms. The van der Waals surface area contributed by atoms with E-state index >= 15 is 0 Å². The van der Waals surface area contributed by atoms with Gasteiger partial charge in [-0.3, -0.25) is 9.69 Å². The van der Waals surface area contributed by atoms with Crippen LogP contribution in [-0.4, -0.2) is 50.2 Å². The molecule has 26 heavy (non-hydrogen) atoms. The van der Waals surface area contributed by atoms with Gasteiger partial charge in [-0.25, -0.2) is 0 Å². The summed E-state index contributed by atoms with van der Waals surface area (Å²) in [6.45, 7) is 5.38. The number of morpholine rings is 1. The van der Waals surface area contributed by atoms with Crippen molar-refractivity contribution in [3.63, 3.8) is 0 Å². The van der Waals surface area contributed by atoms with Crippen molar-refractivity contribution in [1.29, 1.82) is 0 Å². The molecule has 6 nitrogen and oxygen atoms in total. The molecular formula is C19H23BrN2O4. The van der Waals surface area contributed by atoms with Crippen LogP contribution in [0.5, 0.6) is 5.75 Å². The molecule has 0 bridgehead atoms. The minimum atomic E-state index is -0.195. The van der Waals surface area contributed by atoms with E-state index in [2.05, 4.69) is 26.1 Å². The molecule has 1 fully saturated rings. The lowest BCUT2D eigenvalue weighted by Gasteiger charge is -2.26. The van der Waals surface area contributed by atoms with Gasteiger partial charge in [-0.1, -0.05) is 12.1 Å². The maximum absolute atomic E-state index is 12.2. The van der Waals surface area contributed by atoms with Crippen LogP contribution in [0.3, 0.4) is 0 Å². The van der Waals surface area contributed by atoms with Crippen molar-refractivity contribution in [2.24, 2.45) is 0 Å². The molecule has 1 saturated heterocycles. The molecule has 7 heteroatoms. The third kappa shape index (κ3) is 5.59. The first-order valence-corrected chi connectivity index (χ1v) is 9.56. The van der Waals surface area contributed by atoms with Crippen molar-refractivity contribution in [1.82, 2.24) is 10.2 Å². The largest absolute Gasteiger partial charge is 0.484 e. The quantitative estimate of drug-likeness (QED) is 0.662. The Bertz CT molecular complexity index is 713. The van der Waals surface area contributed by atoms with Crippen LogP contribution in [0.2, 0.25) is 0 Å². The van der Waals surface area contributed by atoms with Crippen molar-refractivity contribution in [3.05, 3.63) is 52.4 Å². The fraction of sp³-hybridized carbons (Fsp3) is 0.421. The van der Waals surface area contributed by atoms with E-state index in [-0.39, 0.29) is 12.5 Å². The van der Waals surface area contributed by atoms with Crippen molar-refractivity contribution >= 4 is 21.8 Å². The predicted molar refractivity (Wildman–Crippen MR) is 101 cm³/mol. The Morgan fingerprint density at radius 2 is 2.00 bits per heavy atom. The molecule has 0 unspecified atom stereocenters. The SMILES string of the molecule is O=C(NCCCN1CCOCC1)c1ccc(COc2ccccc2Br)o1. The topological polar surface area (TPSA) is 63.9 Å². The Kier molecular flexibility index (Phi) is 7.11. The Morgan fingerprint density at radius 1 is 1.19 bits per heavy atom. The first kappa shape index (κ1) is 18.9. The van der Waals surface area contributed by atoms with Crippen LogP contribution in [0, 0.1) is 0 Å². The number of hydrogen-bond acceptors (Lipinski definition) is 5. The van der Waals surface area contributed by atoms with Gasteiger partial charge in [0.05, 0.1) is 17.7 Å².